The minimum Gasteiger partial charge on any atom is -0.481 e. The van der Waals surface area contributed by atoms with Crippen LogP contribution in [0.5, 0.6) is 6.01 Å². The van der Waals surface area contributed by atoms with Crippen LogP contribution in [-0.2, 0) is 17.8 Å². The number of ether oxygens (including phenoxy) is 1. The highest BCUT2D eigenvalue weighted by Crippen LogP contribution is 2.22. The standard InChI is InChI=1S/C9H12N2O3/c1-6-7(2-3-8(12)13)11-4-5-14-9(11)10-6/h2-5H2,1H3,(H,12,13). The third kappa shape index (κ3) is 1.45. The van der Waals surface area contributed by atoms with Gasteiger partial charge in [0.2, 0.25) is 0 Å². The van der Waals surface area contributed by atoms with Crippen molar-refractivity contribution in [2.24, 2.45) is 0 Å². The largest absolute Gasteiger partial charge is 0.481 e. The molecule has 2 heterocycles. The minimum atomic E-state index is -0.779. The second-order valence-corrected chi connectivity index (χ2v) is 3.32. The van der Waals surface area contributed by atoms with Gasteiger partial charge in [0.1, 0.15) is 6.61 Å². The van der Waals surface area contributed by atoms with Crippen molar-refractivity contribution in [3.8, 4) is 6.01 Å². The number of hydrogen-bond acceptors (Lipinski definition) is 3. The van der Waals surface area contributed by atoms with Crippen LogP contribution >= 0.6 is 0 Å². The molecule has 0 aromatic carbocycles. The molecule has 0 aliphatic carbocycles. The van der Waals surface area contributed by atoms with Crippen LogP contribution in [0.15, 0.2) is 0 Å². The summed E-state index contributed by atoms with van der Waals surface area (Å²) >= 11 is 0. The summed E-state index contributed by atoms with van der Waals surface area (Å²) in [5.74, 6) is -0.779. The van der Waals surface area contributed by atoms with Crippen LogP contribution in [0.25, 0.3) is 0 Å². The molecule has 0 atom stereocenters. The minimum absolute atomic E-state index is 0.145. The van der Waals surface area contributed by atoms with Gasteiger partial charge < -0.3 is 9.84 Å². The predicted molar refractivity (Wildman–Crippen MR) is 48.4 cm³/mol. The average Bonchev–Trinajstić information content (AvgIpc) is 2.61. The highest BCUT2D eigenvalue weighted by atomic mass is 16.5. The molecule has 1 aromatic rings. The number of hydrogen-bond donors (Lipinski definition) is 1. The number of aryl methyl sites for hydroxylation is 1. The zero-order valence-corrected chi connectivity index (χ0v) is 7.99. The lowest BCUT2D eigenvalue weighted by atomic mass is 10.2. The first-order valence-electron chi connectivity index (χ1n) is 4.59. The van der Waals surface area contributed by atoms with Crippen molar-refractivity contribution in [1.29, 1.82) is 0 Å². The number of rotatable bonds is 3. The van der Waals surface area contributed by atoms with Gasteiger partial charge >= 0.3 is 5.97 Å². The van der Waals surface area contributed by atoms with E-state index in [-0.39, 0.29) is 6.42 Å². The van der Waals surface area contributed by atoms with Crippen molar-refractivity contribution in [3.05, 3.63) is 11.4 Å². The van der Waals surface area contributed by atoms with Crippen molar-refractivity contribution in [2.45, 2.75) is 26.3 Å². The molecule has 0 bridgehead atoms. The van der Waals surface area contributed by atoms with Crippen LogP contribution in [0.3, 0.4) is 0 Å². The Bertz CT molecular complexity index is 370. The molecular formula is C9H12N2O3. The lowest BCUT2D eigenvalue weighted by molar-refractivity contribution is -0.136. The summed E-state index contributed by atoms with van der Waals surface area (Å²) in [6.45, 7) is 3.31. The summed E-state index contributed by atoms with van der Waals surface area (Å²) in [7, 11) is 0. The molecule has 0 amide bonds. The Labute approximate surface area is 81.3 Å². The SMILES string of the molecule is Cc1nc2n(c1CCC(=O)O)CCO2. The second-order valence-electron chi connectivity index (χ2n) is 3.32. The van der Waals surface area contributed by atoms with Gasteiger partial charge in [-0.15, -0.1) is 0 Å². The maximum absolute atomic E-state index is 10.4. The summed E-state index contributed by atoms with van der Waals surface area (Å²) in [5.41, 5.74) is 1.86. The molecule has 1 N–H and O–H groups in total. The molecule has 2 rings (SSSR count). The summed E-state index contributed by atoms with van der Waals surface area (Å²) in [6.07, 6.45) is 0.670. The fraction of sp³-hybridized carbons (Fsp3) is 0.556. The Morgan fingerprint density at radius 3 is 3.21 bits per heavy atom. The molecule has 5 nitrogen and oxygen atoms in total. The first kappa shape index (κ1) is 9.05. The van der Waals surface area contributed by atoms with Gasteiger partial charge in [-0.2, -0.15) is 0 Å². The first-order chi connectivity index (χ1) is 6.68. The van der Waals surface area contributed by atoms with Crippen LogP contribution in [0.1, 0.15) is 17.8 Å². The third-order valence-electron chi connectivity index (χ3n) is 2.36. The molecule has 0 saturated heterocycles. The van der Waals surface area contributed by atoms with E-state index in [2.05, 4.69) is 4.98 Å². The quantitative estimate of drug-likeness (QED) is 0.768. The molecule has 14 heavy (non-hydrogen) atoms. The highest BCUT2D eigenvalue weighted by Gasteiger charge is 2.20. The van der Waals surface area contributed by atoms with Crippen LogP contribution in [0.2, 0.25) is 0 Å². The fourth-order valence-corrected chi connectivity index (χ4v) is 1.69. The molecule has 76 valence electrons. The summed E-state index contributed by atoms with van der Waals surface area (Å²) in [5, 5.41) is 8.59. The number of carboxylic acid groups (broad SMARTS) is 1. The van der Waals surface area contributed by atoms with Gasteiger partial charge in [0, 0.05) is 12.1 Å². The van der Waals surface area contributed by atoms with Crippen LogP contribution in [0, 0.1) is 6.92 Å². The lowest BCUT2D eigenvalue weighted by Crippen LogP contribution is -2.05. The monoisotopic (exact) mass is 196 g/mol. The number of aromatic nitrogens is 2. The fourth-order valence-electron chi connectivity index (χ4n) is 1.69. The molecule has 1 aliphatic heterocycles. The smallest absolute Gasteiger partial charge is 0.303 e. The third-order valence-corrected chi connectivity index (χ3v) is 2.36. The van der Waals surface area contributed by atoms with E-state index in [1.165, 1.54) is 0 Å². The molecule has 0 fully saturated rings. The van der Waals surface area contributed by atoms with Gasteiger partial charge in [0.05, 0.1) is 18.7 Å². The predicted octanol–water partition coefficient (Wildman–Crippen LogP) is 0.601. The van der Waals surface area contributed by atoms with Gasteiger partial charge in [0.15, 0.2) is 0 Å². The maximum atomic E-state index is 10.4. The van der Waals surface area contributed by atoms with E-state index in [0.717, 1.165) is 17.9 Å². The van der Waals surface area contributed by atoms with Crippen LogP contribution < -0.4 is 4.74 Å². The van der Waals surface area contributed by atoms with Crippen LogP contribution in [-0.4, -0.2) is 27.2 Å². The number of carboxylic acids is 1. The van der Waals surface area contributed by atoms with Gasteiger partial charge in [-0.25, -0.2) is 4.98 Å². The Hall–Kier alpha value is -1.52. The number of imidazole rings is 1. The molecule has 0 spiro atoms. The van der Waals surface area contributed by atoms with Crippen molar-refractivity contribution in [3.63, 3.8) is 0 Å². The molecule has 1 aromatic heterocycles. The number of fused-ring (bicyclic) bond motifs is 1. The van der Waals surface area contributed by atoms with E-state index in [1.54, 1.807) is 0 Å². The first-order valence-corrected chi connectivity index (χ1v) is 4.59. The van der Waals surface area contributed by atoms with E-state index < -0.39 is 5.97 Å². The molecule has 0 unspecified atom stereocenters. The molecule has 0 saturated carbocycles. The number of carbonyl (C=O) groups is 1. The summed E-state index contributed by atoms with van der Waals surface area (Å²) < 4.78 is 7.23. The van der Waals surface area contributed by atoms with Gasteiger partial charge in [0.25, 0.3) is 6.01 Å². The molecule has 1 aliphatic rings. The normalized spacial score (nSPS) is 13.8. The van der Waals surface area contributed by atoms with Crippen molar-refractivity contribution < 1.29 is 14.6 Å². The second kappa shape index (κ2) is 3.32. The molecule has 5 heteroatoms. The van der Waals surface area contributed by atoms with Gasteiger partial charge in [-0.1, -0.05) is 0 Å². The van der Waals surface area contributed by atoms with Gasteiger partial charge in [-0.3, -0.25) is 9.36 Å². The van der Waals surface area contributed by atoms with E-state index in [0.29, 0.717) is 19.0 Å². The van der Waals surface area contributed by atoms with Crippen molar-refractivity contribution in [1.82, 2.24) is 9.55 Å². The highest BCUT2D eigenvalue weighted by molar-refractivity contribution is 5.67. The molecule has 0 radical (unpaired) electrons. The Morgan fingerprint density at radius 2 is 2.50 bits per heavy atom. The van der Waals surface area contributed by atoms with E-state index in [9.17, 15) is 4.79 Å². The van der Waals surface area contributed by atoms with E-state index in [1.807, 2.05) is 11.5 Å². The Kier molecular flexibility index (Phi) is 2.15. The topological polar surface area (TPSA) is 64.4 Å². The van der Waals surface area contributed by atoms with E-state index in [4.69, 9.17) is 9.84 Å². The number of aliphatic carboxylic acids is 1. The summed E-state index contributed by atoms with van der Waals surface area (Å²) in [6, 6.07) is 0.628. The number of nitrogens with zero attached hydrogens (tertiary/aromatic N) is 2. The summed E-state index contributed by atoms with van der Waals surface area (Å²) in [4.78, 5) is 14.7. The van der Waals surface area contributed by atoms with Crippen molar-refractivity contribution in [2.75, 3.05) is 6.61 Å². The van der Waals surface area contributed by atoms with Crippen LogP contribution in [0.4, 0.5) is 0 Å². The Morgan fingerprint density at radius 1 is 1.71 bits per heavy atom. The zero-order chi connectivity index (χ0) is 10.1. The molecular weight excluding hydrogens is 184 g/mol. The maximum Gasteiger partial charge on any atom is 0.303 e. The van der Waals surface area contributed by atoms with E-state index >= 15 is 0 Å². The Balaban J connectivity index is 2.20. The van der Waals surface area contributed by atoms with Crippen molar-refractivity contribution >= 4 is 5.97 Å². The van der Waals surface area contributed by atoms with Gasteiger partial charge in [-0.05, 0) is 6.92 Å². The lowest BCUT2D eigenvalue weighted by Gasteiger charge is -2.01. The average molecular weight is 196 g/mol. The zero-order valence-electron chi connectivity index (χ0n) is 7.99.